The molecule has 1 aliphatic rings. The maximum absolute atomic E-state index is 12.6. The van der Waals surface area contributed by atoms with Crippen molar-refractivity contribution in [3.8, 4) is 17.2 Å². The van der Waals surface area contributed by atoms with Crippen molar-refractivity contribution in [3.05, 3.63) is 52.6 Å². The predicted octanol–water partition coefficient (Wildman–Crippen LogP) is 4.42. The number of ether oxygens (including phenoxy) is 3. The number of benzene rings is 2. The summed E-state index contributed by atoms with van der Waals surface area (Å²) in [6, 6.07) is 9.64. The molecule has 1 N–H and O–H groups in total. The van der Waals surface area contributed by atoms with Crippen LogP contribution in [-0.2, 0) is 4.79 Å². The minimum atomic E-state index is -0.386. The molecule has 28 heavy (non-hydrogen) atoms. The third-order valence-electron chi connectivity index (χ3n) is 5.14. The Bertz CT molecular complexity index is 888. The van der Waals surface area contributed by atoms with Gasteiger partial charge in [0.1, 0.15) is 22.8 Å². The fraction of sp³-hybridized carbons (Fsp3) is 0.435. The Morgan fingerprint density at radius 2 is 1.96 bits per heavy atom. The van der Waals surface area contributed by atoms with Gasteiger partial charge in [-0.2, -0.15) is 0 Å². The first-order valence-corrected chi connectivity index (χ1v) is 9.55. The van der Waals surface area contributed by atoms with Crippen LogP contribution in [0.4, 0.5) is 0 Å². The van der Waals surface area contributed by atoms with Crippen LogP contribution in [0, 0.1) is 20.8 Å². The van der Waals surface area contributed by atoms with E-state index in [0.29, 0.717) is 6.42 Å². The Kier molecular flexibility index (Phi) is 5.54. The first kappa shape index (κ1) is 20.1. The molecule has 1 heterocycles. The lowest BCUT2D eigenvalue weighted by atomic mass is 9.89. The van der Waals surface area contributed by atoms with Gasteiger partial charge in [-0.1, -0.05) is 6.07 Å². The summed E-state index contributed by atoms with van der Waals surface area (Å²) in [5, 5.41) is 3.10. The van der Waals surface area contributed by atoms with Crippen molar-refractivity contribution in [1.29, 1.82) is 0 Å². The first-order valence-electron chi connectivity index (χ1n) is 9.55. The molecule has 1 aliphatic heterocycles. The molecule has 5 nitrogen and oxygen atoms in total. The molecule has 0 aromatic heterocycles. The number of nitrogens with one attached hydrogen (secondary N) is 1. The Morgan fingerprint density at radius 1 is 1.21 bits per heavy atom. The van der Waals surface area contributed by atoms with E-state index in [1.165, 1.54) is 0 Å². The number of hydrogen-bond donors (Lipinski definition) is 1. The van der Waals surface area contributed by atoms with E-state index in [1.54, 1.807) is 7.11 Å². The van der Waals surface area contributed by atoms with Gasteiger partial charge in [0.05, 0.1) is 13.2 Å². The largest absolute Gasteiger partial charge is 0.497 e. The minimum absolute atomic E-state index is 0.0208. The molecule has 0 saturated heterocycles. The highest BCUT2D eigenvalue weighted by Gasteiger charge is 2.34. The molecule has 0 spiro atoms. The first-order chi connectivity index (χ1) is 13.2. The van der Waals surface area contributed by atoms with Crippen LogP contribution in [0.5, 0.6) is 17.2 Å². The quantitative estimate of drug-likeness (QED) is 0.830. The molecule has 0 saturated carbocycles. The molecule has 5 heteroatoms. The summed E-state index contributed by atoms with van der Waals surface area (Å²) < 4.78 is 17.2. The number of fused-ring (bicyclic) bond motifs is 1. The standard InChI is InChI=1S/C23H29NO4/c1-14-9-15(2)16(3)20(10-14)27-13-22(25)24-19-12-23(4,5)28-21-11-17(26-6)7-8-18(19)21/h7-11,19H,12-13H2,1-6H3,(H,24,25)/t19-/m0/s1. The second-order valence-electron chi connectivity index (χ2n) is 8.08. The Labute approximate surface area is 167 Å². The van der Waals surface area contributed by atoms with Crippen LogP contribution < -0.4 is 19.5 Å². The van der Waals surface area contributed by atoms with Gasteiger partial charge in [0.15, 0.2) is 6.61 Å². The van der Waals surface area contributed by atoms with Gasteiger partial charge in [0.2, 0.25) is 0 Å². The minimum Gasteiger partial charge on any atom is -0.497 e. The molecule has 0 unspecified atom stereocenters. The summed E-state index contributed by atoms with van der Waals surface area (Å²) in [6.07, 6.45) is 0.681. The van der Waals surface area contributed by atoms with Crippen LogP contribution in [0.15, 0.2) is 30.3 Å². The van der Waals surface area contributed by atoms with Gasteiger partial charge in [-0.25, -0.2) is 0 Å². The van der Waals surface area contributed by atoms with Crippen LogP contribution >= 0.6 is 0 Å². The summed E-state index contributed by atoms with van der Waals surface area (Å²) in [6.45, 7) is 10.1. The summed E-state index contributed by atoms with van der Waals surface area (Å²) in [5.41, 5.74) is 3.90. The number of amides is 1. The summed E-state index contributed by atoms with van der Waals surface area (Å²) in [4.78, 5) is 12.6. The van der Waals surface area contributed by atoms with E-state index in [2.05, 4.69) is 11.4 Å². The number of carbonyl (C=O) groups is 1. The van der Waals surface area contributed by atoms with Crippen LogP contribution in [0.2, 0.25) is 0 Å². The van der Waals surface area contributed by atoms with Crippen LogP contribution in [-0.4, -0.2) is 25.2 Å². The number of methoxy groups -OCH3 is 1. The lowest BCUT2D eigenvalue weighted by Gasteiger charge is -2.38. The number of rotatable bonds is 5. The zero-order valence-electron chi connectivity index (χ0n) is 17.5. The van der Waals surface area contributed by atoms with Gasteiger partial charge in [-0.3, -0.25) is 4.79 Å². The van der Waals surface area contributed by atoms with Crippen molar-refractivity contribution >= 4 is 5.91 Å². The van der Waals surface area contributed by atoms with Crippen molar-refractivity contribution in [2.75, 3.05) is 13.7 Å². The predicted molar refractivity (Wildman–Crippen MR) is 109 cm³/mol. The van der Waals surface area contributed by atoms with Gasteiger partial charge in [-0.15, -0.1) is 0 Å². The normalized spacial score (nSPS) is 17.3. The lowest BCUT2D eigenvalue weighted by molar-refractivity contribution is -0.124. The topological polar surface area (TPSA) is 56.8 Å². The number of hydrogen-bond acceptors (Lipinski definition) is 4. The van der Waals surface area contributed by atoms with Gasteiger partial charge < -0.3 is 19.5 Å². The summed E-state index contributed by atoms with van der Waals surface area (Å²) in [5.74, 6) is 2.08. The van der Waals surface area contributed by atoms with Crippen LogP contribution in [0.1, 0.15) is 48.6 Å². The molecule has 3 rings (SSSR count). The average Bonchev–Trinajstić information content (AvgIpc) is 2.61. The van der Waals surface area contributed by atoms with Crippen molar-refractivity contribution in [1.82, 2.24) is 5.32 Å². The monoisotopic (exact) mass is 383 g/mol. The third-order valence-corrected chi connectivity index (χ3v) is 5.14. The van der Waals surface area contributed by atoms with E-state index in [-0.39, 0.29) is 24.2 Å². The van der Waals surface area contributed by atoms with E-state index in [1.807, 2.05) is 58.9 Å². The van der Waals surface area contributed by atoms with E-state index in [4.69, 9.17) is 14.2 Å². The van der Waals surface area contributed by atoms with Crippen molar-refractivity contribution in [2.24, 2.45) is 0 Å². The second kappa shape index (κ2) is 7.74. The highest BCUT2D eigenvalue weighted by atomic mass is 16.5. The van der Waals surface area contributed by atoms with Gasteiger partial charge in [0, 0.05) is 18.1 Å². The molecule has 0 aliphatic carbocycles. The average molecular weight is 383 g/mol. The van der Waals surface area contributed by atoms with Gasteiger partial charge in [0.25, 0.3) is 5.91 Å². The van der Waals surface area contributed by atoms with Crippen molar-refractivity contribution < 1.29 is 19.0 Å². The number of carbonyl (C=O) groups excluding carboxylic acids is 1. The third kappa shape index (κ3) is 4.41. The SMILES string of the molecule is COc1ccc2c(c1)OC(C)(C)C[C@@H]2NC(=O)COc1cc(C)cc(C)c1C. The molecule has 1 atom stereocenters. The Hall–Kier alpha value is -2.69. The molecule has 0 bridgehead atoms. The van der Waals surface area contributed by atoms with Crippen LogP contribution in [0.3, 0.4) is 0 Å². The Morgan fingerprint density at radius 3 is 2.68 bits per heavy atom. The molecule has 150 valence electrons. The molecular weight excluding hydrogens is 354 g/mol. The lowest BCUT2D eigenvalue weighted by Crippen LogP contribution is -2.42. The fourth-order valence-electron chi connectivity index (χ4n) is 3.62. The van der Waals surface area contributed by atoms with Gasteiger partial charge in [-0.05, 0) is 69.5 Å². The maximum atomic E-state index is 12.6. The Balaban J connectivity index is 1.72. The smallest absolute Gasteiger partial charge is 0.258 e. The number of aryl methyl sites for hydroxylation is 2. The molecule has 1 amide bonds. The van der Waals surface area contributed by atoms with Crippen LogP contribution in [0.25, 0.3) is 0 Å². The fourth-order valence-corrected chi connectivity index (χ4v) is 3.62. The van der Waals surface area contributed by atoms with E-state index >= 15 is 0 Å². The molecule has 0 radical (unpaired) electrons. The van der Waals surface area contributed by atoms with E-state index < -0.39 is 0 Å². The highest BCUT2D eigenvalue weighted by molar-refractivity contribution is 5.78. The zero-order chi connectivity index (χ0) is 20.5. The maximum Gasteiger partial charge on any atom is 0.258 e. The summed E-state index contributed by atoms with van der Waals surface area (Å²) >= 11 is 0. The molecule has 2 aromatic rings. The molecular formula is C23H29NO4. The van der Waals surface area contributed by atoms with Gasteiger partial charge >= 0.3 is 0 Å². The zero-order valence-corrected chi connectivity index (χ0v) is 17.5. The van der Waals surface area contributed by atoms with E-state index in [9.17, 15) is 4.79 Å². The van der Waals surface area contributed by atoms with E-state index in [0.717, 1.165) is 39.5 Å². The second-order valence-corrected chi connectivity index (χ2v) is 8.08. The van der Waals surface area contributed by atoms with Crippen molar-refractivity contribution in [3.63, 3.8) is 0 Å². The molecule has 2 aromatic carbocycles. The molecule has 0 fully saturated rings. The summed E-state index contributed by atoms with van der Waals surface area (Å²) in [7, 11) is 1.63. The van der Waals surface area contributed by atoms with Crippen molar-refractivity contribution in [2.45, 2.75) is 52.7 Å². The highest BCUT2D eigenvalue weighted by Crippen LogP contribution is 2.41.